The molecule has 5 heteroatoms. The van der Waals surface area contributed by atoms with Crippen molar-refractivity contribution in [3.63, 3.8) is 0 Å². The third-order valence-corrected chi connectivity index (χ3v) is 5.89. The van der Waals surface area contributed by atoms with Gasteiger partial charge in [-0.2, -0.15) is 0 Å². The topological polar surface area (TPSA) is 44.8 Å². The van der Waals surface area contributed by atoms with Crippen LogP contribution in [-0.4, -0.2) is 30.9 Å². The van der Waals surface area contributed by atoms with E-state index < -0.39 is 18.3 Å². The summed E-state index contributed by atoms with van der Waals surface area (Å²) in [6, 6.07) is 20.3. The summed E-state index contributed by atoms with van der Waals surface area (Å²) in [6.07, 6.45) is 4.69. The van der Waals surface area contributed by atoms with Crippen LogP contribution in [0.2, 0.25) is 0 Å². The highest BCUT2D eigenvalue weighted by Gasteiger charge is 2.52. The van der Waals surface area contributed by atoms with E-state index in [-0.39, 0.29) is 12.6 Å². The van der Waals surface area contributed by atoms with E-state index in [1.807, 2.05) is 64.1 Å². The molecule has 0 atom stereocenters. The molecule has 162 valence electrons. The second-order valence-electron chi connectivity index (χ2n) is 8.73. The van der Waals surface area contributed by atoms with Crippen molar-refractivity contribution in [1.29, 1.82) is 0 Å². The molecule has 0 saturated carbocycles. The zero-order valence-electron chi connectivity index (χ0n) is 19.1. The van der Waals surface area contributed by atoms with Crippen molar-refractivity contribution in [1.82, 2.24) is 0 Å². The van der Waals surface area contributed by atoms with Gasteiger partial charge in [0, 0.05) is 13.3 Å². The van der Waals surface area contributed by atoms with Crippen molar-refractivity contribution < 1.29 is 18.8 Å². The third kappa shape index (κ3) is 5.75. The molecule has 1 fully saturated rings. The average molecular weight is 418 g/mol. The minimum atomic E-state index is -0.531. The van der Waals surface area contributed by atoms with E-state index in [1.54, 1.807) is 0 Å². The smallest absolute Gasteiger partial charge is 0.466 e. The molecule has 1 aliphatic heterocycles. The highest BCUT2D eigenvalue weighted by molar-refractivity contribution is 6.56. The molecule has 1 aliphatic rings. The lowest BCUT2D eigenvalue weighted by atomic mass is 9.72. The van der Waals surface area contributed by atoms with Gasteiger partial charge in [-0.05, 0) is 49.9 Å². The molecular formula is C26H31BO4. The van der Waals surface area contributed by atoms with Gasteiger partial charge in [-0.1, -0.05) is 72.8 Å². The fourth-order valence-corrected chi connectivity index (χ4v) is 3.42. The average Bonchev–Trinajstić information content (AvgIpc) is 2.95. The lowest BCUT2D eigenvalue weighted by molar-refractivity contribution is -0.140. The summed E-state index contributed by atoms with van der Waals surface area (Å²) in [5.41, 5.74) is 3.20. The van der Waals surface area contributed by atoms with Crippen LogP contribution in [0.1, 0.15) is 52.2 Å². The molecule has 0 radical (unpaired) electrons. The third-order valence-electron chi connectivity index (χ3n) is 5.89. The number of carbonyl (C=O) groups is 1. The predicted molar refractivity (Wildman–Crippen MR) is 126 cm³/mol. The molecular weight excluding hydrogens is 387 g/mol. The first-order chi connectivity index (χ1) is 14.7. The summed E-state index contributed by atoms with van der Waals surface area (Å²) in [7, 11) is -0.531. The number of rotatable bonds is 7. The van der Waals surface area contributed by atoms with Gasteiger partial charge in [0.05, 0.1) is 17.8 Å². The van der Waals surface area contributed by atoms with Crippen LogP contribution in [0.5, 0.6) is 0 Å². The molecule has 1 saturated heterocycles. The van der Waals surface area contributed by atoms with E-state index in [1.165, 1.54) is 6.92 Å². The van der Waals surface area contributed by atoms with Gasteiger partial charge in [0.1, 0.15) is 0 Å². The molecule has 2 aromatic rings. The Kier molecular flexibility index (Phi) is 7.19. The number of esters is 1. The molecule has 0 aromatic heterocycles. The molecule has 1 heterocycles. The van der Waals surface area contributed by atoms with Gasteiger partial charge in [-0.15, -0.1) is 0 Å². The van der Waals surface area contributed by atoms with Gasteiger partial charge in [0.15, 0.2) is 0 Å². The van der Waals surface area contributed by atoms with E-state index in [0.717, 1.165) is 22.2 Å². The van der Waals surface area contributed by atoms with Gasteiger partial charge in [0.25, 0.3) is 0 Å². The van der Waals surface area contributed by atoms with Crippen molar-refractivity contribution in [3.8, 4) is 0 Å². The number of ether oxygens (including phenoxy) is 1. The summed E-state index contributed by atoms with van der Waals surface area (Å²) in [5, 5.41) is 0. The molecule has 0 unspecified atom stereocenters. The first-order valence-electron chi connectivity index (χ1n) is 10.7. The van der Waals surface area contributed by atoms with E-state index in [9.17, 15) is 4.79 Å². The van der Waals surface area contributed by atoms with Gasteiger partial charge >= 0.3 is 13.1 Å². The number of carbonyl (C=O) groups excluding carboxylic acids is 1. The van der Waals surface area contributed by atoms with E-state index >= 15 is 0 Å². The lowest BCUT2D eigenvalue weighted by Crippen LogP contribution is -2.41. The van der Waals surface area contributed by atoms with Gasteiger partial charge < -0.3 is 14.0 Å². The summed E-state index contributed by atoms with van der Waals surface area (Å²) >= 11 is 0. The van der Waals surface area contributed by atoms with Crippen LogP contribution in [0, 0.1) is 0 Å². The number of hydrogen-bond acceptors (Lipinski definition) is 4. The van der Waals surface area contributed by atoms with Crippen LogP contribution in [0.15, 0.2) is 72.2 Å². The summed E-state index contributed by atoms with van der Waals surface area (Å²) < 4.78 is 18.0. The standard InChI is InChI=1S/C26H31BO4/c1-20(28)29-19-18-24(27-30-25(2,3)26(4,5)31-27)23(22-14-10-7-11-15-22)17-16-21-12-8-6-9-13-21/h6-17H,18-19H2,1-5H3/b17-16+,24-23+. The SMILES string of the molecule is CC(=O)OCC/C(B1OC(C)(C)C(C)(C)O1)=C(/C=C/c1ccccc1)c1ccccc1. The van der Waals surface area contributed by atoms with Crippen molar-refractivity contribution in [2.75, 3.05) is 6.61 Å². The number of benzene rings is 2. The molecule has 0 spiro atoms. The van der Waals surface area contributed by atoms with Crippen LogP contribution >= 0.6 is 0 Å². The van der Waals surface area contributed by atoms with Crippen molar-refractivity contribution >= 4 is 24.7 Å². The molecule has 2 aromatic carbocycles. The maximum Gasteiger partial charge on any atom is 0.491 e. The first-order valence-corrected chi connectivity index (χ1v) is 10.7. The minimum absolute atomic E-state index is 0.268. The molecule has 0 N–H and O–H groups in total. The Morgan fingerprint density at radius 1 is 0.935 bits per heavy atom. The maximum atomic E-state index is 11.4. The van der Waals surface area contributed by atoms with Crippen LogP contribution in [0.4, 0.5) is 0 Å². The fraction of sp³-hybridized carbons (Fsp3) is 0.346. The van der Waals surface area contributed by atoms with Gasteiger partial charge in [0.2, 0.25) is 0 Å². The van der Waals surface area contributed by atoms with E-state index in [4.69, 9.17) is 14.0 Å². The number of hydrogen-bond donors (Lipinski definition) is 0. The molecule has 4 nitrogen and oxygen atoms in total. The molecule has 0 amide bonds. The molecule has 31 heavy (non-hydrogen) atoms. The summed E-state index contributed by atoms with van der Waals surface area (Å²) in [4.78, 5) is 11.4. The van der Waals surface area contributed by atoms with Crippen LogP contribution in [0.3, 0.4) is 0 Å². The zero-order valence-corrected chi connectivity index (χ0v) is 19.1. The Morgan fingerprint density at radius 2 is 1.48 bits per heavy atom. The van der Waals surface area contributed by atoms with Gasteiger partial charge in [-0.3, -0.25) is 4.79 Å². The van der Waals surface area contributed by atoms with E-state index in [2.05, 4.69) is 36.4 Å². The minimum Gasteiger partial charge on any atom is -0.466 e. The zero-order chi connectivity index (χ0) is 22.5. The van der Waals surface area contributed by atoms with Crippen molar-refractivity contribution in [2.45, 2.75) is 52.2 Å². The van der Waals surface area contributed by atoms with E-state index in [0.29, 0.717) is 6.42 Å². The Morgan fingerprint density at radius 3 is 2.03 bits per heavy atom. The van der Waals surface area contributed by atoms with Crippen molar-refractivity contribution in [2.24, 2.45) is 0 Å². The first kappa shape index (κ1) is 23.0. The molecule has 3 rings (SSSR count). The number of allylic oxidation sites excluding steroid dienone is 2. The Labute approximate surface area is 186 Å². The summed E-state index contributed by atoms with van der Waals surface area (Å²) in [6.45, 7) is 9.85. The van der Waals surface area contributed by atoms with Crippen molar-refractivity contribution in [3.05, 3.63) is 83.3 Å². The van der Waals surface area contributed by atoms with Gasteiger partial charge in [-0.25, -0.2) is 0 Å². The normalized spacial score (nSPS) is 18.2. The van der Waals surface area contributed by atoms with Crippen LogP contribution in [0.25, 0.3) is 11.6 Å². The fourth-order valence-electron chi connectivity index (χ4n) is 3.42. The van der Waals surface area contributed by atoms with Crippen LogP contribution in [-0.2, 0) is 18.8 Å². The second kappa shape index (κ2) is 9.67. The maximum absolute atomic E-state index is 11.4. The second-order valence-corrected chi connectivity index (χ2v) is 8.73. The Balaban J connectivity index is 2.08. The highest BCUT2D eigenvalue weighted by Crippen LogP contribution is 2.41. The molecule has 0 aliphatic carbocycles. The van der Waals surface area contributed by atoms with Crippen LogP contribution < -0.4 is 0 Å². The highest BCUT2D eigenvalue weighted by atomic mass is 16.7. The Hall–Kier alpha value is -2.63. The Bertz CT molecular complexity index is 930. The molecule has 0 bridgehead atoms. The largest absolute Gasteiger partial charge is 0.491 e. The summed E-state index contributed by atoms with van der Waals surface area (Å²) in [5.74, 6) is -0.297. The quantitative estimate of drug-likeness (QED) is 0.327. The lowest BCUT2D eigenvalue weighted by Gasteiger charge is -2.32. The monoisotopic (exact) mass is 418 g/mol. The predicted octanol–water partition coefficient (Wildman–Crippen LogP) is 5.74.